The number of nitrogens with zero attached hydrogens (tertiary/aromatic N) is 3. The van der Waals surface area contributed by atoms with Gasteiger partial charge >= 0.3 is 0 Å². The highest BCUT2D eigenvalue weighted by atomic mass is 16.3. The van der Waals surface area contributed by atoms with E-state index in [9.17, 15) is 0 Å². The summed E-state index contributed by atoms with van der Waals surface area (Å²) in [5, 5.41) is 21.2. The van der Waals surface area contributed by atoms with Crippen molar-refractivity contribution >= 4 is 182 Å². The fraction of sp³-hybridized carbons (Fsp3) is 0. The molecule has 0 saturated heterocycles. The molecule has 3 heterocycles. The zero-order valence-corrected chi connectivity index (χ0v) is 81.9. The first-order valence-electron chi connectivity index (χ1n) is 51.2. The van der Waals surface area contributed by atoms with Gasteiger partial charge in [-0.05, 0) is 248 Å². The number of hydrogen-bond acceptors (Lipinski definition) is 6. The second kappa shape index (κ2) is 38.6. The van der Waals surface area contributed by atoms with Gasteiger partial charge in [-0.3, -0.25) is 0 Å². The van der Waals surface area contributed by atoms with Crippen LogP contribution in [0.1, 0.15) is 0 Å². The van der Waals surface area contributed by atoms with E-state index in [1.807, 2.05) is 0 Å². The number of furan rings is 3. The summed E-state index contributed by atoms with van der Waals surface area (Å²) < 4.78 is 20.5. The fourth-order valence-electron chi connectivity index (χ4n) is 22.2. The lowest BCUT2D eigenvalue weighted by Gasteiger charge is -2.26. The van der Waals surface area contributed by atoms with Crippen molar-refractivity contribution in [3.05, 3.63) is 576 Å². The molecule has 3 aromatic heterocycles. The van der Waals surface area contributed by atoms with E-state index in [2.05, 4.69) is 591 Å². The topological polar surface area (TPSA) is 49.1 Å². The number of anilines is 9. The minimum absolute atomic E-state index is 0.913. The van der Waals surface area contributed by atoms with Crippen molar-refractivity contribution in [2.24, 2.45) is 0 Å². The molecule has 26 aromatic carbocycles. The van der Waals surface area contributed by atoms with Gasteiger partial charge in [0.05, 0.1) is 0 Å². The van der Waals surface area contributed by atoms with Crippen molar-refractivity contribution in [2.75, 3.05) is 14.7 Å². The molecular formula is C144H95N3O3. The van der Waals surface area contributed by atoms with Gasteiger partial charge in [0.25, 0.3) is 0 Å². The average molecular weight is 1920 g/mol. The summed E-state index contributed by atoms with van der Waals surface area (Å²) in [6.45, 7) is 0. The second-order valence-corrected chi connectivity index (χ2v) is 38.4. The van der Waals surface area contributed by atoms with E-state index in [-0.39, 0.29) is 0 Å². The monoisotopic (exact) mass is 1910 g/mol. The minimum Gasteiger partial charge on any atom is -0.455 e. The van der Waals surface area contributed by atoms with Gasteiger partial charge in [0.1, 0.15) is 33.5 Å². The molecule has 0 N–H and O–H groups in total. The van der Waals surface area contributed by atoms with Crippen molar-refractivity contribution in [1.82, 2.24) is 0 Å². The molecule has 0 atom stereocenters. The van der Waals surface area contributed by atoms with Crippen molar-refractivity contribution in [3.8, 4) is 89.0 Å². The first-order valence-corrected chi connectivity index (χ1v) is 51.2. The van der Waals surface area contributed by atoms with Crippen molar-refractivity contribution in [1.29, 1.82) is 0 Å². The van der Waals surface area contributed by atoms with Crippen LogP contribution in [0.4, 0.5) is 51.2 Å². The van der Waals surface area contributed by atoms with Gasteiger partial charge in [0.15, 0.2) is 0 Å². The van der Waals surface area contributed by atoms with Crippen LogP contribution in [-0.4, -0.2) is 0 Å². The van der Waals surface area contributed by atoms with Gasteiger partial charge in [-0.15, -0.1) is 0 Å². The van der Waals surface area contributed by atoms with E-state index in [1.165, 1.54) is 120 Å². The first-order chi connectivity index (χ1) is 74.4. The lowest BCUT2D eigenvalue weighted by Crippen LogP contribution is -2.09. The van der Waals surface area contributed by atoms with E-state index in [4.69, 9.17) is 13.3 Å². The number of hydrogen-bond donors (Lipinski definition) is 0. The summed E-state index contributed by atoms with van der Waals surface area (Å²) in [6, 6.07) is 205. The molecule has 29 rings (SSSR count). The third kappa shape index (κ3) is 16.6. The quantitative estimate of drug-likeness (QED) is 0.0847. The number of para-hydroxylation sites is 5. The molecule has 0 aliphatic heterocycles. The largest absolute Gasteiger partial charge is 0.455 e. The van der Waals surface area contributed by atoms with E-state index in [0.717, 1.165) is 150 Å². The Balaban J connectivity index is 0.000000111. The summed E-state index contributed by atoms with van der Waals surface area (Å²) >= 11 is 0. The molecule has 0 aliphatic rings. The molecule has 6 nitrogen and oxygen atoms in total. The SMILES string of the molecule is c1ccc(-c2ccc(-c3ccc(N(c4ccccc4)c4ccc(-c5cccc6c5oc5c6ccc6ccc7ccccc7c65)cc4)cc3)cc2)cc1.c1ccc(-c2ccc(N(c3ccc(-c4ccccc4)cc3)c3ccc(-c4cccc5c4oc4c5ccc5ccc6ccccc6c54)cc3)cc2)cc1.c1ccc(-c2ccc(N(c3ccccc3)c3ccc(-c4cccc5c4oc4c5ccc5ccc6ccccc6c54)cc3)cc2)cc1. The molecule has 0 bridgehead atoms. The Hall–Kier alpha value is -19.9. The van der Waals surface area contributed by atoms with Crippen LogP contribution in [0.25, 0.3) is 219 Å². The molecule has 0 spiro atoms. The zero-order valence-electron chi connectivity index (χ0n) is 81.9. The second-order valence-electron chi connectivity index (χ2n) is 38.4. The third-order valence-electron chi connectivity index (χ3n) is 29.6. The fourth-order valence-corrected chi connectivity index (χ4v) is 22.2. The lowest BCUT2D eigenvalue weighted by molar-refractivity contribution is 0.673. The first kappa shape index (κ1) is 89.0. The molecule has 29 aromatic rings. The summed E-state index contributed by atoms with van der Waals surface area (Å²) in [5.74, 6) is 0. The average Bonchev–Trinajstić information content (AvgIpc) is 1.59. The Morgan fingerprint density at radius 2 is 0.267 bits per heavy atom. The molecule has 6 heteroatoms. The Kier molecular flexibility index (Phi) is 22.9. The highest BCUT2D eigenvalue weighted by molar-refractivity contribution is 6.27. The summed E-state index contributed by atoms with van der Waals surface area (Å²) in [6.07, 6.45) is 0. The molecule has 0 aliphatic carbocycles. The maximum atomic E-state index is 6.86. The number of benzene rings is 26. The molecule has 0 amide bonds. The van der Waals surface area contributed by atoms with Crippen LogP contribution in [0, 0.1) is 0 Å². The molecule has 704 valence electrons. The van der Waals surface area contributed by atoms with Gasteiger partial charge in [-0.2, -0.15) is 0 Å². The van der Waals surface area contributed by atoms with Crippen molar-refractivity contribution in [2.45, 2.75) is 0 Å². The van der Waals surface area contributed by atoms with Crippen LogP contribution in [0.15, 0.2) is 590 Å². The normalized spacial score (nSPS) is 11.5. The smallest absolute Gasteiger partial charge is 0.143 e. The highest BCUT2D eigenvalue weighted by Crippen LogP contribution is 2.50. The Labute approximate surface area is 868 Å². The van der Waals surface area contributed by atoms with E-state index in [0.29, 0.717) is 0 Å². The summed E-state index contributed by atoms with van der Waals surface area (Å²) in [7, 11) is 0. The Morgan fingerprint density at radius 3 is 0.507 bits per heavy atom. The Morgan fingerprint density at radius 1 is 0.100 bits per heavy atom. The van der Waals surface area contributed by atoms with Gasteiger partial charge in [-0.1, -0.05) is 449 Å². The van der Waals surface area contributed by atoms with E-state index in [1.54, 1.807) is 0 Å². The van der Waals surface area contributed by atoms with Crippen molar-refractivity contribution < 1.29 is 13.3 Å². The number of rotatable bonds is 17. The van der Waals surface area contributed by atoms with E-state index < -0.39 is 0 Å². The van der Waals surface area contributed by atoms with Crippen LogP contribution in [0.5, 0.6) is 0 Å². The predicted octanol–water partition coefficient (Wildman–Crippen LogP) is 41.4. The molecule has 0 fully saturated rings. The number of fused-ring (bicyclic) bond motifs is 21. The van der Waals surface area contributed by atoms with Gasteiger partial charge in [-0.25, -0.2) is 0 Å². The van der Waals surface area contributed by atoms with E-state index >= 15 is 0 Å². The van der Waals surface area contributed by atoms with Gasteiger partial charge in [0, 0.05) is 116 Å². The minimum atomic E-state index is 0.913. The molecular weight excluding hydrogens is 1820 g/mol. The molecule has 0 saturated carbocycles. The predicted molar refractivity (Wildman–Crippen MR) is 634 cm³/mol. The van der Waals surface area contributed by atoms with Crippen LogP contribution < -0.4 is 14.7 Å². The van der Waals surface area contributed by atoms with Crippen LogP contribution in [0.3, 0.4) is 0 Å². The third-order valence-corrected chi connectivity index (χ3v) is 29.6. The summed E-state index contributed by atoms with van der Waals surface area (Å²) in [4.78, 5) is 6.94. The van der Waals surface area contributed by atoms with Crippen LogP contribution >= 0.6 is 0 Å². The molecule has 150 heavy (non-hydrogen) atoms. The van der Waals surface area contributed by atoms with Crippen molar-refractivity contribution in [3.63, 3.8) is 0 Å². The Bertz CT molecular complexity index is 9960. The van der Waals surface area contributed by atoms with Gasteiger partial charge < -0.3 is 28.0 Å². The maximum absolute atomic E-state index is 6.86. The van der Waals surface area contributed by atoms with Gasteiger partial charge in [0.2, 0.25) is 0 Å². The lowest BCUT2D eigenvalue weighted by atomic mass is 9.98. The summed E-state index contributed by atoms with van der Waals surface area (Å²) in [5.41, 5.74) is 34.1. The van der Waals surface area contributed by atoms with Crippen LogP contribution in [-0.2, 0) is 0 Å². The maximum Gasteiger partial charge on any atom is 0.143 e. The molecule has 0 unspecified atom stereocenters. The highest BCUT2D eigenvalue weighted by Gasteiger charge is 2.25. The standard InChI is InChI=1S/2C50H33NO.C44H29NO/c1-3-10-34(11-4-1)35-18-20-36(21-19-35)37-24-29-42(30-25-37)51(41-13-5-2-6-14-41)43-31-26-39(27-32-43)45-16-9-17-46-47-33-28-40-23-22-38-12-7-8-15-44(38)48(40)50(47)52-49(45)46;1-3-10-34(11-4-1)36-20-27-41(28-21-36)51(42-29-22-37(23-30-42)35-12-5-2-6-13-35)43-31-24-39(25-32-43)45-16-9-17-46-47-33-26-40-19-18-38-14-7-8-15-44(38)48(40)50(47)52-49(45)46;1-3-10-30(11-4-1)31-20-25-36(26-21-31)45(35-13-5-2-6-14-35)37-27-22-33(23-28-37)39-16-9-17-40-41-29-24-34-19-18-32-12-7-8-15-38(32)42(34)44(41)46-43(39)40/h2*1-33H;1-29H. The van der Waals surface area contributed by atoms with Crippen LogP contribution in [0.2, 0.25) is 0 Å². The molecule has 0 radical (unpaired) electrons. The zero-order chi connectivity index (χ0) is 99.3.